The summed E-state index contributed by atoms with van der Waals surface area (Å²) in [5.74, 6) is 2.02. The van der Waals surface area contributed by atoms with Crippen molar-refractivity contribution in [2.45, 2.75) is 149 Å². The maximum absolute atomic E-state index is 2.72. The van der Waals surface area contributed by atoms with Crippen LogP contribution >= 0.6 is 0 Å². The van der Waals surface area contributed by atoms with E-state index in [0.717, 1.165) is 25.9 Å². The highest BCUT2D eigenvalue weighted by atomic mass is 15.2. The highest BCUT2D eigenvalue weighted by molar-refractivity contribution is 5.22. The van der Waals surface area contributed by atoms with E-state index in [9.17, 15) is 0 Å². The molecule has 0 saturated carbocycles. The second-order valence-electron chi connectivity index (χ2n) is 12.2. The molecule has 0 radical (unpaired) electrons. The summed E-state index contributed by atoms with van der Waals surface area (Å²) in [5.41, 5.74) is 4.38. The first-order valence-corrected chi connectivity index (χ1v) is 16.9. The van der Waals surface area contributed by atoms with Crippen molar-refractivity contribution in [1.82, 2.24) is 4.57 Å². The van der Waals surface area contributed by atoms with Crippen LogP contribution in [0, 0.1) is 0 Å². The van der Waals surface area contributed by atoms with Gasteiger partial charge in [-0.1, -0.05) is 152 Å². The van der Waals surface area contributed by atoms with Crippen molar-refractivity contribution >= 4 is 0 Å². The Morgan fingerprint density at radius 2 is 1.15 bits per heavy atom. The van der Waals surface area contributed by atoms with Crippen molar-refractivity contribution < 1.29 is 4.57 Å². The first kappa shape index (κ1) is 32.2. The quantitative estimate of drug-likeness (QED) is 0.0880. The molecule has 220 valence electrons. The Morgan fingerprint density at radius 1 is 0.625 bits per heavy atom. The van der Waals surface area contributed by atoms with E-state index < -0.39 is 0 Å². The summed E-state index contributed by atoms with van der Waals surface area (Å²) in [5, 5.41) is 0. The molecule has 0 saturated heterocycles. The Hall–Kier alpha value is -2.35. The van der Waals surface area contributed by atoms with Crippen LogP contribution < -0.4 is 4.57 Å². The zero-order valence-electron chi connectivity index (χ0n) is 26.3. The molecule has 3 rings (SSSR count). The summed E-state index contributed by atoms with van der Waals surface area (Å²) < 4.78 is 5.32. The van der Waals surface area contributed by atoms with Crippen LogP contribution in [0.4, 0.5) is 0 Å². The van der Waals surface area contributed by atoms with Gasteiger partial charge in [-0.05, 0) is 42.7 Å². The maximum Gasteiger partial charge on any atom is 0.261 e. The van der Waals surface area contributed by atoms with Gasteiger partial charge in [0.1, 0.15) is 11.9 Å². The molecule has 0 aliphatic heterocycles. The van der Waals surface area contributed by atoms with E-state index >= 15 is 0 Å². The summed E-state index contributed by atoms with van der Waals surface area (Å²) >= 11 is 0. The molecule has 0 aliphatic rings. The monoisotopic (exact) mass is 543 g/mol. The van der Waals surface area contributed by atoms with Crippen LogP contribution in [0.3, 0.4) is 0 Å². The maximum atomic E-state index is 2.72. The molecule has 0 fully saturated rings. The van der Waals surface area contributed by atoms with Gasteiger partial charge in [-0.2, -0.15) is 0 Å². The van der Waals surface area contributed by atoms with Gasteiger partial charge in [-0.15, -0.1) is 0 Å². The van der Waals surface area contributed by atoms with E-state index in [1.54, 1.807) is 0 Å². The van der Waals surface area contributed by atoms with E-state index in [2.05, 4.69) is 96.8 Å². The van der Waals surface area contributed by atoms with Gasteiger partial charge in [0, 0.05) is 6.42 Å². The van der Waals surface area contributed by atoms with Gasteiger partial charge in [0.25, 0.3) is 5.82 Å². The van der Waals surface area contributed by atoms with Crippen LogP contribution in [0.1, 0.15) is 146 Å². The van der Waals surface area contributed by atoms with E-state index in [1.807, 2.05) is 0 Å². The van der Waals surface area contributed by atoms with Crippen LogP contribution in [-0.4, -0.2) is 4.57 Å². The van der Waals surface area contributed by atoms with Gasteiger partial charge in [-0.25, -0.2) is 9.13 Å². The van der Waals surface area contributed by atoms with Crippen molar-refractivity contribution in [2.75, 3.05) is 0 Å². The van der Waals surface area contributed by atoms with Crippen LogP contribution in [0.2, 0.25) is 0 Å². The summed E-state index contributed by atoms with van der Waals surface area (Å²) in [4.78, 5) is 0. The molecular formula is C38H59N2+. The third kappa shape index (κ3) is 11.6. The molecule has 0 bridgehead atoms. The predicted molar refractivity (Wildman–Crippen MR) is 173 cm³/mol. The third-order valence-corrected chi connectivity index (χ3v) is 8.62. The summed E-state index contributed by atoms with van der Waals surface area (Å²) in [6, 6.07) is 22.2. The van der Waals surface area contributed by atoms with Gasteiger partial charge < -0.3 is 0 Å². The van der Waals surface area contributed by atoms with Crippen molar-refractivity contribution in [1.29, 1.82) is 0 Å². The molecule has 0 amide bonds. The lowest BCUT2D eigenvalue weighted by atomic mass is 9.96. The van der Waals surface area contributed by atoms with Crippen molar-refractivity contribution in [2.24, 2.45) is 0 Å². The Morgan fingerprint density at radius 3 is 1.75 bits per heavy atom. The van der Waals surface area contributed by atoms with E-state index in [4.69, 9.17) is 0 Å². The molecule has 1 heterocycles. The van der Waals surface area contributed by atoms with E-state index in [0.29, 0.717) is 5.92 Å². The van der Waals surface area contributed by atoms with Crippen molar-refractivity contribution in [3.63, 3.8) is 0 Å². The zero-order chi connectivity index (χ0) is 28.3. The molecule has 0 aliphatic carbocycles. The molecule has 40 heavy (non-hydrogen) atoms. The van der Waals surface area contributed by atoms with Gasteiger partial charge in [0.15, 0.2) is 0 Å². The van der Waals surface area contributed by atoms with Crippen LogP contribution in [0.5, 0.6) is 0 Å². The minimum absolute atomic E-state index is 0.519. The molecule has 1 aromatic heterocycles. The Kier molecular flexibility index (Phi) is 15.8. The fourth-order valence-electron chi connectivity index (χ4n) is 6.11. The first-order chi connectivity index (χ1) is 19.7. The lowest BCUT2D eigenvalue weighted by Gasteiger charge is -2.12. The highest BCUT2D eigenvalue weighted by Crippen LogP contribution is 2.22. The largest absolute Gasteiger partial charge is 0.261 e. The fourth-order valence-corrected chi connectivity index (χ4v) is 6.11. The third-order valence-electron chi connectivity index (χ3n) is 8.62. The molecule has 1 atom stereocenters. The SMILES string of the molecule is CCCCCCCCCCCCCCn1c(CC(C)c2ccccc2)c[n+](CCCCC)c1Cc1ccccc1. The van der Waals surface area contributed by atoms with E-state index in [-0.39, 0.29) is 0 Å². The fraction of sp³-hybridized carbons (Fsp3) is 0.605. The molecular weight excluding hydrogens is 484 g/mol. The lowest BCUT2D eigenvalue weighted by Crippen LogP contribution is -2.37. The number of aryl methyl sites for hydroxylation is 1. The molecule has 0 N–H and O–H groups in total. The molecule has 2 heteroatoms. The number of hydrogen-bond donors (Lipinski definition) is 0. The molecule has 3 aromatic rings. The first-order valence-electron chi connectivity index (χ1n) is 16.9. The minimum atomic E-state index is 0.519. The average Bonchev–Trinajstić information content (AvgIpc) is 3.29. The smallest absolute Gasteiger partial charge is 0.234 e. The summed E-state index contributed by atoms with van der Waals surface area (Å²) in [6.07, 6.45) is 25.3. The van der Waals surface area contributed by atoms with Crippen LogP contribution in [0.15, 0.2) is 66.9 Å². The van der Waals surface area contributed by atoms with E-state index in [1.165, 1.54) is 119 Å². The second kappa shape index (κ2) is 19.7. The van der Waals surface area contributed by atoms with Gasteiger partial charge in [0.2, 0.25) is 0 Å². The van der Waals surface area contributed by atoms with Crippen molar-refractivity contribution in [3.8, 4) is 0 Å². The Balaban J connectivity index is 1.63. The number of nitrogens with zero attached hydrogens (tertiary/aromatic N) is 2. The Labute approximate surface area is 247 Å². The number of hydrogen-bond acceptors (Lipinski definition) is 0. The molecule has 0 spiro atoms. The number of unbranched alkanes of at least 4 members (excludes halogenated alkanes) is 13. The number of imidazole rings is 1. The predicted octanol–water partition coefficient (Wildman–Crippen LogP) is 10.6. The normalized spacial score (nSPS) is 12.2. The number of aromatic nitrogens is 2. The summed E-state index contributed by atoms with van der Waals surface area (Å²) in [7, 11) is 0. The molecule has 2 aromatic carbocycles. The van der Waals surface area contributed by atoms with Gasteiger partial charge in [0.05, 0.1) is 19.5 Å². The highest BCUT2D eigenvalue weighted by Gasteiger charge is 2.25. The van der Waals surface area contributed by atoms with Gasteiger partial charge >= 0.3 is 0 Å². The lowest BCUT2D eigenvalue weighted by molar-refractivity contribution is -0.704. The van der Waals surface area contributed by atoms with Gasteiger partial charge in [-0.3, -0.25) is 0 Å². The topological polar surface area (TPSA) is 8.81 Å². The van der Waals surface area contributed by atoms with Crippen LogP contribution in [0.25, 0.3) is 0 Å². The number of benzene rings is 2. The second-order valence-corrected chi connectivity index (χ2v) is 12.2. The molecule has 2 nitrogen and oxygen atoms in total. The minimum Gasteiger partial charge on any atom is -0.234 e. The van der Waals surface area contributed by atoms with Crippen LogP contribution in [-0.2, 0) is 25.9 Å². The average molecular weight is 544 g/mol. The Bertz CT molecular complexity index is 1020. The van der Waals surface area contributed by atoms with Crippen molar-refractivity contribution in [3.05, 3.63) is 89.5 Å². The summed E-state index contributed by atoms with van der Waals surface area (Å²) in [6.45, 7) is 9.29. The zero-order valence-corrected chi connectivity index (χ0v) is 26.3. The standard InChI is InChI=1S/C38H59N2/c1-4-6-8-9-10-11-12-13-14-15-16-24-30-40-37(31-34(3)36-27-21-18-22-28-36)33-39(29-23-7-5-2)38(40)32-35-25-19-17-20-26-35/h17-22,25-28,33-34H,4-16,23-24,29-32H2,1-3H3/q+1. The number of rotatable bonds is 22. The molecule has 1 unspecified atom stereocenters.